The van der Waals surface area contributed by atoms with E-state index in [0.29, 0.717) is 6.42 Å². The SMILES string of the molecule is O=C(O)CC(=O)NC1CCS(=O)(=O)C1. The van der Waals surface area contributed by atoms with Crippen LogP contribution in [0.15, 0.2) is 0 Å². The zero-order valence-corrected chi connectivity index (χ0v) is 8.21. The lowest BCUT2D eigenvalue weighted by Crippen LogP contribution is -2.36. The summed E-state index contributed by atoms with van der Waals surface area (Å²) in [5, 5.41) is 10.6. The summed E-state index contributed by atoms with van der Waals surface area (Å²) >= 11 is 0. The maximum atomic E-state index is 11.0. The van der Waals surface area contributed by atoms with E-state index in [1.807, 2.05) is 0 Å². The Labute approximate surface area is 81.2 Å². The van der Waals surface area contributed by atoms with Gasteiger partial charge in [-0.3, -0.25) is 9.59 Å². The topological polar surface area (TPSA) is 101 Å². The van der Waals surface area contributed by atoms with Crippen molar-refractivity contribution < 1.29 is 23.1 Å². The molecule has 1 atom stereocenters. The number of nitrogens with one attached hydrogen (secondary N) is 1. The van der Waals surface area contributed by atoms with Crippen molar-refractivity contribution in [2.24, 2.45) is 0 Å². The molecule has 1 rings (SSSR count). The van der Waals surface area contributed by atoms with E-state index in [4.69, 9.17) is 5.11 Å². The van der Waals surface area contributed by atoms with Crippen LogP contribution in [-0.4, -0.2) is 42.9 Å². The van der Waals surface area contributed by atoms with Crippen LogP contribution in [0.5, 0.6) is 0 Å². The molecular weight excluding hydrogens is 210 g/mol. The summed E-state index contributed by atoms with van der Waals surface area (Å²) < 4.78 is 22.0. The molecule has 2 N–H and O–H groups in total. The molecule has 14 heavy (non-hydrogen) atoms. The smallest absolute Gasteiger partial charge is 0.312 e. The van der Waals surface area contributed by atoms with Crippen LogP contribution in [0.4, 0.5) is 0 Å². The van der Waals surface area contributed by atoms with Crippen LogP contribution in [0.2, 0.25) is 0 Å². The van der Waals surface area contributed by atoms with E-state index in [2.05, 4.69) is 5.32 Å². The van der Waals surface area contributed by atoms with E-state index >= 15 is 0 Å². The number of rotatable bonds is 3. The highest BCUT2D eigenvalue weighted by Crippen LogP contribution is 2.11. The fraction of sp³-hybridized carbons (Fsp3) is 0.714. The third-order valence-electron chi connectivity index (χ3n) is 1.91. The summed E-state index contributed by atoms with van der Waals surface area (Å²) in [5.74, 6) is -1.88. The number of carboxylic acid groups (broad SMARTS) is 1. The summed E-state index contributed by atoms with van der Waals surface area (Å²) in [7, 11) is -3.03. The maximum absolute atomic E-state index is 11.0. The summed E-state index contributed by atoms with van der Waals surface area (Å²) in [6.45, 7) is 0. The lowest BCUT2D eigenvalue weighted by Gasteiger charge is -2.08. The minimum Gasteiger partial charge on any atom is -0.481 e. The van der Waals surface area contributed by atoms with Crippen LogP contribution >= 0.6 is 0 Å². The van der Waals surface area contributed by atoms with E-state index < -0.39 is 34.2 Å². The van der Waals surface area contributed by atoms with E-state index in [9.17, 15) is 18.0 Å². The zero-order chi connectivity index (χ0) is 10.8. The van der Waals surface area contributed by atoms with Crippen LogP contribution in [0, 0.1) is 0 Å². The molecule has 0 aromatic carbocycles. The van der Waals surface area contributed by atoms with Crippen molar-refractivity contribution in [3.05, 3.63) is 0 Å². The van der Waals surface area contributed by atoms with Crippen LogP contribution in [0.25, 0.3) is 0 Å². The normalized spacial score (nSPS) is 24.4. The molecule has 0 aromatic rings. The average Bonchev–Trinajstić information content (AvgIpc) is 2.27. The van der Waals surface area contributed by atoms with Gasteiger partial charge in [0.15, 0.2) is 9.84 Å². The third kappa shape index (κ3) is 3.33. The fourth-order valence-electron chi connectivity index (χ4n) is 1.32. The molecule has 1 aliphatic heterocycles. The highest BCUT2D eigenvalue weighted by atomic mass is 32.2. The molecule has 0 spiro atoms. The molecule has 0 saturated carbocycles. The van der Waals surface area contributed by atoms with Gasteiger partial charge in [0.25, 0.3) is 0 Å². The first kappa shape index (κ1) is 11.0. The molecule has 1 aliphatic rings. The van der Waals surface area contributed by atoms with E-state index in [1.54, 1.807) is 0 Å². The number of hydrogen-bond donors (Lipinski definition) is 2. The van der Waals surface area contributed by atoms with Crippen molar-refractivity contribution in [3.8, 4) is 0 Å². The van der Waals surface area contributed by atoms with Gasteiger partial charge in [-0.2, -0.15) is 0 Å². The lowest BCUT2D eigenvalue weighted by molar-refractivity contribution is -0.140. The second kappa shape index (κ2) is 3.95. The highest BCUT2D eigenvalue weighted by molar-refractivity contribution is 7.91. The predicted octanol–water partition coefficient (Wildman–Crippen LogP) is -1.24. The van der Waals surface area contributed by atoms with Crippen LogP contribution in [0.3, 0.4) is 0 Å². The minimum absolute atomic E-state index is 0.0605. The van der Waals surface area contributed by atoms with Crippen molar-refractivity contribution in [1.82, 2.24) is 5.32 Å². The molecule has 0 bridgehead atoms. The van der Waals surface area contributed by atoms with Crippen molar-refractivity contribution >= 4 is 21.7 Å². The van der Waals surface area contributed by atoms with Gasteiger partial charge < -0.3 is 10.4 Å². The number of aliphatic carboxylic acids is 1. The van der Waals surface area contributed by atoms with Gasteiger partial charge in [-0.25, -0.2) is 8.42 Å². The zero-order valence-electron chi connectivity index (χ0n) is 7.39. The molecule has 1 saturated heterocycles. The Bertz CT molecular complexity index is 347. The number of sulfone groups is 1. The molecule has 1 heterocycles. The molecule has 6 nitrogen and oxygen atoms in total. The van der Waals surface area contributed by atoms with Gasteiger partial charge in [0.2, 0.25) is 5.91 Å². The maximum Gasteiger partial charge on any atom is 0.312 e. The second-order valence-corrected chi connectivity index (χ2v) is 5.47. The Morgan fingerprint density at radius 2 is 2.07 bits per heavy atom. The number of carboxylic acids is 1. The summed E-state index contributed by atoms with van der Waals surface area (Å²) in [5.41, 5.74) is 0. The van der Waals surface area contributed by atoms with Gasteiger partial charge in [0.05, 0.1) is 11.5 Å². The Balaban J connectivity index is 2.40. The van der Waals surface area contributed by atoms with Gasteiger partial charge in [-0.1, -0.05) is 0 Å². The van der Waals surface area contributed by atoms with E-state index in [-0.39, 0.29) is 11.5 Å². The molecule has 80 valence electrons. The standard InChI is InChI=1S/C7H11NO5S/c9-6(3-7(10)11)8-5-1-2-14(12,13)4-5/h5H,1-4H2,(H,8,9)(H,10,11). The third-order valence-corrected chi connectivity index (χ3v) is 3.68. The van der Waals surface area contributed by atoms with Crippen molar-refractivity contribution in [1.29, 1.82) is 0 Å². The number of carbonyl (C=O) groups excluding carboxylic acids is 1. The Morgan fingerprint density at radius 3 is 2.50 bits per heavy atom. The molecule has 0 radical (unpaired) electrons. The predicted molar refractivity (Wildman–Crippen MR) is 47.5 cm³/mol. The van der Waals surface area contributed by atoms with Gasteiger partial charge >= 0.3 is 5.97 Å². The average molecular weight is 221 g/mol. The number of carbonyl (C=O) groups is 2. The van der Waals surface area contributed by atoms with Crippen LogP contribution in [0.1, 0.15) is 12.8 Å². The van der Waals surface area contributed by atoms with Gasteiger partial charge in [-0.05, 0) is 6.42 Å². The first-order valence-corrected chi connectivity index (χ1v) is 5.93. The molecule has 1 fully saturated rings. The van der Waals surface area contributed by atoms with Gasteiger partial charge in [-0.15, -0.1) is 0 Å². The second-order valence-electron chi connectivity index (χ2n) is 3.24. The summed E-state index contributed by atoms with van der Waals surface area (Å²) in [6.07, 6.45) is -0.246. The van der Waals surface area contributed by atoms with E-state index in [0.717, 1.165) is 0 Å². The molecule has 1 unspecified atom stereocenters. The minimum atomic E-state index is -3.03. The van der Waals surface area contributed by atoms with Crippen molar-refractivity contribution in [3.63, 3.8) is 0 Å². The first-order valence-electron chi connectivity index (χ1n) is 4.10. The van der Waals surface area contributed by atoms with Crippen molar-refractivity contribution in [2.75, 3.05) is 11.5 Å². The molecule has 1 amide bonds. The summed E-state index contributed by atoms with van der Waals surface area (Å²) in [4.78, 5) is 21.1. The summed E-state index contributed by atoms with van der Waals surface area (Å²) in [6, 6.07) is -0.424. The monoisotopic (exact) mass is 221 g/mol. The first-order chi connectivity index (χ1) is 6.39. The lowest BCUT2D eigenvalue weighted by atomic mass is 10.2. The Hall–Kier alpha value is -1.11. The van der Waals surface area contributed by atoms with Gasteiger partial charge in [0.1, 0.15) is 6.42 Å². The Morgan fingerprint density at radius 1 is 1.43 bits per heavy atom. The van der Waals surface area contributed by atoms with Crippen LogP contribution in [-0.2, 0) is 19.4 Å². The van der Waals surface area contributed by atoms with Crippen molar-refractivity contribution in [2.45, 2.75) is 18.9 Å². The van der Waals surface area contributed by atoms with E-state index in [1.165, 1.54) is 0 Å². The molecule has 0 aromatic heterocycles. The molecule has 0 aliphatic carbocycles. The molecule has 7 heteroatoms. The van der Waals surface area contributed by atoms with Crippen LogP contribution < -0.4 is 5.32 Å². The quantitative estimate of drug-likeness (QED) is 0.581. The number of amides is 1. The molecular formula is C7H11NO5S. The van der Waals surface area contributed by atoms with Gasteiger partial charge in [0, 0.05) is 6.04 Å². The largest absolute Gasteiger partial charge is 0.481 e. The fourth-order valence-corrected chi connectivity index (χ4v) is 3.00. The number of hydrogen-bond acceptors (Lipinski definition) is 4. The highest BCUT2D eigenvalue weighted by Gasteiger charge is 2.29. The Kier molecular flexibility index (Phi) is 3.10.